The molecule has 0 heterocycles. The zero-order chi connectivity index (χ0) is 13.8. The van der Waals surface area contributed by atoms with Crippen LogP contribution in [0.5, 0.6) is 0 Å². The molecule has 3 unspecified atom stereocenters. The maximum Gasteiger partial charge on any atom is 0.337 e. The van der Waals surface area contributed by atoms with E-state index in [9.17, 15) is 4.79 Å². The van der Waals surface area contributed by atoms with E-state index in [4.69, 9.17) is 14.6 Å². The Labute approximate surface area is 112 Å². The van der Waals surface area contributed by atoms with Gasteiger partial charge in [-0.25, -0.2) is 4.79 Å². The van der Waals surface area contributed by atoms with Crippen molar-refractivity contribution in [3.05, 3.63) is 29.8 Å². The van der Waals surface area contributed by atoms with Crippen molar-refractivity contribution in [2.45, 2.75) is 31.6 Å². The smallest absolute Gasteiger partial charge is 0.337 e. The van der Waals surface area contributed by atoms with Crippen LogP contribution in [0.4, 0.5) is 5.69 Å². The van der Waals surface area contributed by atoms with Gasteiger partial charge in [-0.15, -0.1) is 0 Å². The van der Waals surface area contributed by atoms with Crippen LogP contribution >= 0.6 is 0 Å². The molecule has 1 aromatic rings. The second kappa shape index (κ2) is 6.04. The lowest BCUT2D eigenvalue weighted by atomic mass is 9.84. The van der Waals surface area contributed by atoms with Gasteiger partial charge in [0.2, 0.25) is 0 Å². The second-order valence-corrected chi connectivity index (χ2v) is 4.53. The summed E-state index contributed by atoms with van der Waals surface area (Å²) in [6, 6.07) is 6.97. The minimum absolute atomic E-state index is 0.0400. The third-order valence-corrected chi connectivity index (χ3v) is 3.40. The van der Waals surface area contributed by atoms with Crippen LogP contribution in [0.1, 0.15) is 23.7 Å². The Morgan fingerprint density at radius 2 is 2.21 bits per heavy atom. The minimum atomic E-state index is -0.933. The number of benzene rings is 1. The lowest BCUT2D eigenvalue weighted by molar-refractivity contribution is -0.118. The zero-order valence-corrected chi connectivity index (χ0v) is 11.1. The quantitative estimate of drug-likeness (QED) is 0.823. The highest BCUT2D eigenvalue weighted by molar-refractivity contribution is 5.94. The molecule has 0 bridgehead atoms. The van der Waals surface area contributed by atoms with Crippen molar-refractivity contribution in [3.63, 3.8) is 0 Å². The zero-order valence-electron chi connectivity index (χ0n) is 11.1. The van der Waals surface area contributed by atoms with E-state index in [-0.39, 0.29) is 23.8 Å². The third-order valence-electron chi connectivity index (χ3n) is 3.40. The van der Waals surface area contributed by atoms with E-state index in [2.05, 4.69) is 5.32 Å². The van der Waals surface area contributed by atoms with Gasteiger partial charge in [0, 0.05) is 19.4 Å². The van der Waals surface area contributed by atoms with E-state index < -0.39 is 5.97 Å². The molecule has 5 heteroatoms. The molecular formula is C14H19NO4. The number of para-hydroxylation sites is 1. The average molecular weight is 265 g/mol. The molecule has 3 atom stereocenters. The van der Waals surface area contributed by atoms with E-state index in [1.807, 2.05) is 13.0 Å². The number of carbonyl (C=O) groups is 1. The molecule has 1 fully saturated rings. The van der Waals surface area contributed by atoms with Gasteiger partial charge >= 0.3 is 5.97 Å². The molecule has 2 rings (SSSR count). The van der Waals surface area contributed by atoms with Crippen LogP contribution in [-0.4, -0.2) is 43.0 Å². The average Bonchev–Trinajstić information content (AvgIpc) is 2.38. The van der Waals surface area contributed by atoms with Crippen LogP contribution in [0, 0.1) is 0 Å². The van der Waals surface area contributed by atoms with Gasteiger partial charge in [-0.2, -0.15) is 0 Å². The fourth-order valence-corrected chi connectivity index (χ4v) is 2.41. The van der Waals surface area contributed by atoms with Crippen molar-refractivity contribution >= 4 is 11.7 Å². The van der Waals surface area contributed by atoms with Crippen molar-refractivity contribution in [2.24, 2.45) is 0 Å². The summed E-state index contributed by atoms with van der Waals surface area (Å²) in [5.74, 6) is -0.933. The summed E-state index contributed by atoms with van der Waals surface area (Å²) in [6.07, 6.45) is 0.867. The number of aromatic carboxylic acids is 1. The summed E-state index contributed by atoms with van der Waals surface area (Å²) in [7, 11) is 1.65. The Morgan fingerprint density at radius 1 is 1.47 bits per heavy atom. The van der Waals surface area contributed by atoms with E-state index in [1.165, 1.54) is 0 Å². The van der Waals surface area contributed by atoms with Gasteiger partial charge in [0.1, 0.15) is 6.10 Å². The van der Waals surface area contributed by atoms with E-state index in [0.29, 0.717) is 12.3 Å². The van der Waals surface area contributed by atoms with Crippen molar-refractivity contribution in [3.8, 4) is 0 Å². The molecular weight excluding hydrogens is 246 g/mol. The maximum atomic E-state index is 11.1. The van der Waals surface area contributed by atoms with Gasteiger partial charge in [0.05, 0.1) is 17.7 Å². The van der Waals surface area contributed by atoms with E-state index in [0.717, 1.165) is 6.42 Å². The summed E-state index contributed by atoms with van der Waals surface area (Å²) in [5.41, 5.74) is 0.897. The molecule has 0 radical (unpaired) electrons. The van der Waals surface area contributed by atoms with Crippen molar-refractivity contribution in [1.82, 2.24) is 0 Å². The molecule has 104 valence electrons. The minimum Gasteiger partial charge on any atom is -0.478 e. The Kier molecular flexibility index (Phi) is 4.39. The van der Waals surface area contributed by atoms with Crippen LogP contribution in [0.2, 0.25) is 0 Å². The highest BCUT2D eigenvalue weighted by Crippen LogP contribution is 2.30. The van der Waals surface area contributed by atoms with Gasteiger partial charge in [-0.05, 0) is 25.5 Å². The molecule has 1 aromatic carbocycles. The Balaban J connectivity index is 2.04. The highest BCUT2D eigenvalue weighted by atomic mass is 16.5. The number of hydrogen-bond donors (Lipinski definition) is 2. The molecule has 0 saturated heterocycles. The van der Waals surface area contributed by atoms with E-state index >= 15 is 0 Å². The van der Waals surface area contributed by atoms with Crippen LogP contribution in [0.15, 0.2) is 24.3 Å². The monoisotopic (exact) mass is 265 g/mol. The van der Waals surface area contributed by atoms with Crippen LogP contribution < -0.4 is 5.32 Å². The summed E-state index contributed by atoms with van der Waals surface area (Å²) < 4.78 is 10.9. The molecule has 0 aromatic heterocycles. The lowest BCUT2D eigenvalue weighted by Gasteiger charge is -2.43. The summed E-state index contributed by atoms with van der Waals surface area (Å²) in [4.78, 5) is 11.1. The molecule has 2 N–H and O–H groups in total. The van der Waals surface area contributed by atoms with E-state index in [1.54, 1.807) is 25.3 Å². The topological polar surface area (TPSA) is 67.8 Å². The van der Waals surface area contributed by atoms with Crippen molar-refractivity contribution < 1.29 is 19.4 Å². The first-order valence-corrected chi connectivity index (χ1v) is 6.40. The predicted octanol–water partition coefficient (Wildman–Crippen LogP) is 1.99. The first-order chi connectivity index (χ1) is 9.17. The molecule has 0 spiro atoms. The molecule has 1 saturated carbocycles. The van der Waals surface area contributed by atoms with Gasteiger partial charge in [-0.3, -0.25) is 0 Å². The number of ether oxygens (including phenoxy) is 2. The third kappa shape index (κ3) is 2.88. The molecule has 0 amide bonds. The summed E-state index contributed by atoms with van der Waals surface area (Å²) in [6.45, 7) is 2.61. The second-order valence-electron chi connectivity index (χ2n) is 4.53. The summed E-state index contributed by atoms with van der Waals surface area (Å²) in [5, 5.41) is 12.4. The molecule has 0 aliphatic heterocycles. The van der Waals surface area contributed by atoms with Crippen LogP contribution in [-0.2, 0) is 9.47 Å². The maximum absolute atomic E-state index is 11.1. The number of methoxy groups -OCH3 is 1. The first kappa shape index (κ1) is 13.8. The number of anilines is 1. The SMILES string of the molecule is CCOC1CC(Nc2ccccc2C(=O)O)C1OC. The number of hydrogen-bond acceptors (Lipinski definition) is 4. The fourth-order valence-electron chi connectivity index (χ4n) is 2.41. The standard InChI is InChI=1S/C14H19NO4/c1-3-19-12-8-11(13(12)18-2)15-10-7-5-4-6-9(10)14(16)17/h4-7,11-13,15H,3,8H2,1-2H3,(H,16,17). The molecule has 1 aliphatic carbocycles. The predicted molar refractivity (Wildman–Crippen MR) is 71.6 cm³/mol. The molecule has 1 aliphatic rings. The number of carboxylic acids is 1. The van der Waals surface area contributed by atoms with Crippen LogP contribution in [0.3, 0.4) is 0 Å². The van der Waals surface area contributed by atoms with Crippen molar-refractivity contribution in [1.29, 1.82) is 0 Å². The highest BCUT2D eigenvalue weighted by Gasteiger charge is 2.42. The summed E-state index contributed by atoms with van der Waals surface area (Å²) >= 11 is 0. The van der Waals surface area contributed by atoms with Gasteiger partial charge in [0.25, 0.3) is 0 Å². The normalized spacial score (nSPS) is 25.7. The lowest BCUT2D eigenvalue weighted by Crippen LogP contribution is -2.57. The largest absolute Gasteiger partial charge is 0.478 e. The Bertz CT molecular complexity index is 449. The Hall–Kier alpha value is -1.59. The molecule has 5 nitrogen and oxygen atoms in total. The van der Waals surface area contributed by atoms with Crippen molar-refractivity contribution in [2.75, 3.05) is 19.0 Å². The van der Waals surface area contributed by atoms with Gasteiger partial charge in [-0.1, -0.05) is 12.1 Å². The number of rotatable bonds is 6. The van der Waals surface area contributed by atoms with Gasteiger partial charge in [0.15, 0.2) is 0 Å². The fraction of sp³-hybridized carbons (Fsp3) is 0.500. The Morgan fingerprint density at radius 3 is 2.84 bits per heavy atom. The number of carboxylic acid groups (broad SMARTS) is 1. The molecule has 19 heavy (non-hydrogen) atoms. The number of nitrogens with one attached hydrogen (secondary N) is 1. The van der Waals surface area contributed by atoms with Crippen LogP contribution in [0.25, 0.3) is 0 Å². The first-order valence-electron chi connectivity index (χ1n) is 6.40. The van der Waals surface area contributed by atoms with Gasteiger partial charge < -0.3 is 19.9 Å².